The highest BCUT2D eigenvalue weighted by Gasteiger charge is 2.09. The molecule has 1 rings (SSSR count). The van der Waals surface area contributed by atoms with Crippen LogP contribution in [-0.4, -0.2) is 33.7 Å². The van der Waals surface area contributed by atoms with Crippen LogP contribution in [0.25, 0.3) is 0 Å². The van der Waals surface area contributed by atoms with Gasteiger partial charge in [-0.05, 0) is 6.07 Å². The SMILES string of the molecule is COc1ccccc1CC(=O)NCCS(N)(=O)=O. The van der Waals surface area contributed by atoms with Crippen LogP contribution in [0.3, 0.4) is 0 Å². The van der Waals surface area contributed by atoms with Crippen LogP contribution in [0.1, 0.15) is 5.56 Å². The summed E-state index contributed by atoms with van der Waals surface area (Å²) >= 11 is 0. The molecule has 0 aliphatic rings. The first kappa shape index (κ1) is 14.5. The molecule has 0 fully saturated rings. The van der Waals surface area contributed by atoms with E-state index in [2.05, 4.69) is 5.32 Å². The summed E-state index contributed by atoms with van der Waals surface area (Å²) in [6.07, 6.45) is 0.134. The average Bonchev–Trinajstić information content (AvgIpc) is 2.28. The van der Waals surface area contributed by atoms with Crippen molar-refractivity contribution in [2.45, 2.75) is 6.42 Å². The molecule has 0 heterocycles. The fraction of sp³-hybridized carbons (Fsp3) is 0.364. The molecule has 3 N–H and O–H groups in total. The number of para-hydroxylation sites is 1. The molecule has 1 aromatic rings. The lowest BCUT2D eigenvalue weighted by Gasteiger charge is -2.08. The van der Waals surface area contributed by atoms with E-state index >= 15 is 0 Å². The smallest absolute Gasteiger partial charge is 0.224 e. The predicted octanol–water partition coefficient (Wildman–Crippen LogP) is -0.358. The molecule has 0 spiro atoms. The molecule has 7 heteroatoms. The van der Waals surface area contributed by atoms with Crippen molar-refractivity contribution in [2.75, 3.05) is 19.4 Å². The normalized spacial score (nSPS) is 11.0. The summed E-state index contributed by atoms with van der Waals surface area (Å²) < 4.78 is 26.5. The fourth-order valence-corrected chi connectivity index (χ4v) is 1.80. The molecular weight excluding hydrogens is 256 g/mol. The van der Waals surface area contributed by atoms with E-state index in [9.17, 15) is 13.2 Å². The van der Waals surface area contributed by atoms with Gasteiger partial charge in [-0.2, -0.15) is 0 Å². The summed E-state index contributed by atoms with van der Waals surface area (Å²) in [5, 5.41) is 7.31. The van der Waals surface area contributed by atoms with Gasteiger partial charge in [-0.3, -0.25) is 4.79 Å². The van der Waals surface area contributed by atoms with E-state index in [1.54, 1.807) is 24.3 Å². The molecule has 18 heavy (non-hydrogen) atoms. The number of ether oxygens (including phenoxy) is 1. The molecule has 0 atom stereocenters. The zero-order valence-electron chi connectivity index (χ0n) is 10.0. The number of nitrogens with one attached hydrogen (secondary N) is 1. The van der Waals surface area contributed by atoms with Crippen LogP contribution in [0.2, 0.25) is 0 Å². The van der Waals surface area contributed by atoms with Crippen molar-refractivity contribution in [3.8, 4) is 5.75 Å². The number of rotatable bonds is 6. The van der Waals surface area contributed by atoms with Crippen LogP contribution < -0.4 is 15.2 Å². The standard InChI is InChI=1S/C11H16N2O4S/c1-17-10-5-3-2-4-9(10)8-11(14)13-6-7-18(12,15)16/h2-5H,6-8H2,1H3,(H,13,14)(H2,12,15,16). The number of methoxy groups -OCH3 is 1. The zero-order valence-corrected chi connectivity index (χ0v) is 10.9. The minimum absolute atomic E-state index is 0.00676. The first-order valence-electron chi connectivity index (χ1n) is 5.31. The van der Waals surface area contributed by atoms with Crippen molar-refractivity contribution < 1.29 is 17.9 Å². The lowest BCUT2D eigenvalue weighted by atomic mass is 10.1. The maximum Gasteiger partial charge on any atom is 0.224 e. The van der Waals surface area contributed by atoms with Crippen LogP contribution in [-0.2, 0) is 21.2 Å². The van der Waals surface area contributed by atoms with E-state index in [0.29, 0.717) is 5.75 Å². The average molecular weight is 272 g/mol. The van der Waals surface area contributed by atoms with Crippen molar-refractivity contribution in [1.29, 1.82) is 0 Å². The Morgan fingerprint density at radius 2 is 2.06 bits per heavy atom. The summed E-state index contributed by atoms with van der Waals surface area (Å²) in [5.41, 5.74) is 0.744. The molecular formula is C11H16N2O4S. The van der Waals surface area contributed by atoms with Gasteiger partial charge in [0, 0.05) is 12.1 Å². The zero-order chi connectivity index (χ0) is 13.6. The predicted molar refractivity (Wildman–Crippen MR) is 67.7 cm³/mol. The van der Waals surface area contributed by atoms with Crippen molar-refractivity contribution in [3.63, 3.8) is 0 Å². The summed E-state index contributed by atoms with van der Waals surface area (Å²) in [6, 6.07) is 7.14. The number of carbonyl (C=O) groups excluding carboxylic acids is 1. The van der Waals surface area contributed by atoms with E-state index in [1.807, 2.05) is 0 Å². The molecule has 0 aromatic heterocycles. The second kappa shape index (κ2) is 6.36. The molecule has 0 radical (unpaired) electrons. The molecule has 0 saturated carbocycles. The molecule has 0 saturated heterocycles. The van der Waals surface area contributed by atoms with Crippen LogP contribution in [0.4, 0.5) is 0 Å². The Kier molecular flexibility index (Phi) is 5.11. The third kappa shape index (κ3) is 5.15. The minimum atomic E-state index is -3.54. The number of amides is 1. The summed E-state index contributed by atoms with van der Waals surface area (Å²) in [4.78, 5) is 11.6. The molecule has 0 unspecified atom stereocenters. The van der Waals surface area contributed by atoms with Crippen LogP contribution in [0, 0.1) is 0 Å². The van der Waals surface area contributed by atoms with Crippen LogP contribution in [0.15, 0.2) is 24.3 Å². The number of hydrogen-bond acceptors (Lipinski definition) is 4. The number of carbonyl (C=O) groups is 1. The molecule has 6 nitrogen and oxygen atoms in total. The largest absolute Gasteiger partial charge is 0.496 e. The molecule has 0 aliphatic heterocycles. The minimum Gasteiger partial charge on any atom is -0.496 e. The highest BCUT2D eigenvalue weighted by Crippen LogP contribution is 2.17. The van der Waals surface area contributed by atoms with E-state index in [-0.39, 0.29) is 24.6 Å². The first-order valence-corrected chi connectivity index (χ1v) is 7.03. The molecule has 1 amide bonds. The fourth-order valence-electron chi connectivity index (χ4n) is 1.42. The van der Waals surface area contributed by atoms with Crippen molar-refractivity contribution in [3.05, 3.63) is 29.8 Å². The van der Waals surface area contributed by atoms with Gasteiger partial charge in [-0.15, -0.1) is 0 Å². The third-order valence-corrected chi connectivity index (χ3v) is 3.03. The van der Waals surface area contributed by atoms with E-state index in [4.69, 9.17) is 9.88 Å². The number of benzene rings is 1. The number of sulfonamides is 1. The highest BCUT2D eigenvalue weighted by molar-refractivity contribution is 7.89. The molecule has 0 aliphatic carbocycles. The van der Waals surface area contributed by atoms with Gasteiger partial charge in [-0.25, -0.2) is 13.6 Å². The van der Waals surface area contributed by atoms with Gasteiger partial charge in [0.25, 0.3) is 0 Å². The van der Waals surface area contributed by atoms with Gasteiger partial charge in [0.05, 0.1) is 19.3 Å². The maximum absolute atomic E-state index is 11.6. The Balaban J connectivity index is 2.50. The Morgan fingerprint density at radius 1 is 1.39 bits per heavy atom. The van der Waals surface area contributed by atoms with Gasteiger partial charge in [0.15, 0.2) is 0 Å². The lowest BCUT2D eigenvalue weighted by Crippen LogP contribution is -2.32. The monoisotopic (exact) mass is 272 g/mol. The highest BCUT2D eigenvalue weighted by atomic mass is 32.2. The Hall–Kier alpha value is -1.60. The van der Waals surface area contributed by atoms with Gasteiger partial charge < -0.3 is 10.1 Å². The number of primary sulfonamides is 1. The van der Waals surface area contributed by atoms with E-state index < -0.39 is 10.0 Å². The van der Waals surface area contributed by atoms with Gasteiger partial charge in [0.1, 0.15) is 5.75 Å². The van der Waals surface area contributed by atoms with Gasteiger partial charge in [-0.1, -0.05) is 18.2 Å². The number of hydrogen-bond donors (Lipinski definition) is 2. The Morgan fingerprint density at radius 3 is 2.67 bits per heavy atom. The summed E-state index contributed by atoms with van der Waals surface area (Å²) in [7, 11) is -2.02. The molecule has 1 aromatic carbocycles. The number of nitrogens with two attached hydrogens (primary N) is 1. The van der Waals surface area contributed by atoms with Crippen molar-refractivity contribution in [2.24, 2.45) is 5.14 Å². The molecule has 100 valence electrons. The van der Waals surface area contributed by atoms with Crippen molar-refractivity contribution >= 4 is 15.9 Å². The van der Waals surface area contributed by atoms with Gasteiger partial charge in [0.2, 0.25) is 15.9 Å². The third-order valence-electron chi connectivity index (χ3n) is 2.25. The Bertz CT molecular complexity index is 514. The second-order valence-electron chi connectivity index (χ2n) is 3.71. The van der Waals surface area contributed by atoms with E-state index in [0.717, 1.165) is 5.56 Å². The van der Waals surface area contributed by atoms with Gasteiger partial charge >= 0.3 is 0 Å². The quantitative estimate of drug-likeness (QED) is 0.739. The first-order chi connectivity index (χ1) is 8.42. The van der Waals surface area contributed by atoms with E-state index in [1.165, 1.54) is 7.11 Å². The summed E-state index contributed by atoms with van der Waals surface area (Å²) in [6.45, 7) is 0.00676. The van der Waals surface area contributed by atoms with Crippen molar-refractivity contribution in [1.82, 2.24) is 5.32 Å². The van der Waals surface area contributed by atoms with Crippen LogP contribution in [0.5, 0.6) is 5.75 Å². The Labute approximate surface area is 106 Å². The summed E-state index contributed by atoms with van der Waals surface area (Å²) in [5.74, 6) is 0.0762. The second-order valence-corrected chi connectivity index (χ2v) is 5.44. The molecule has 0 bridgehead atoms. The lowest BCUT2D eigenvalue weighted by molar-refractivity contribution is -0.120. The van der Waals surface area contributed by atoms with Crippen LogP contribution >= 0.6 is 0 Å². The maximum atomic E-state index is 11.6. The topological polar surface area (TPSA) is 98.5 Å².